The first-order valence-electron chi connectivity index (χ1n) is 9.36. The lowest BCUT2D eigenvalue weighted by molar-refractivity contribution is 0.0950. The number of ether oxygens (including phenoxy) is 1. The van der Waals surface area contributed by atoms with Gasteiger partial charge in [0.2, 0.25) is 0 Å². The Morgan fingerprint density at radius 3 is 2.50 bits per heavy atom. The highest BCUT2D eigenvalue weighted by Crippen LogP contribution is 2.30. The van der Waals surface area contributed by atoms with E-state index >= 15 is 0 Å². The molecule has 3 aromatic rings. The molecule has 0 fully saturated rings. The fourth-order valence-electron chi connectivity index (χ4n) is 3.23. The second-order valence-corrected chi connectivity index (χ2v) is 6.99. The SMILES string of the molecule is COc1cccc(-n2c(-c3ccccc3)cc(C(=O)NCCN(C)C)c2C)c1. The van der Waals surface area contributed by atoms with Crippen LogP contribution in [0, 0.1) is 6.92 Å². The third-order valence-electron chi connectivity index (χ3n) is 4.72. The summed E-state index contributed by atoms with van der Waals surface area (Å²) in [5.74, 6) is 0.722. The molecular weight excluding hydrogens is 350 g/mol. The normalized spacial score (nSPS) is 10.9. The van der Waals surface area contributed by atoms with E-state index in [4.69, 9.17) is 4.74 Å². The molecule has 28 heavy (non-hydrogen) atoms. The first-order valence-corrected chi connectivity index (χ1v) is 9.36. The van der Waals surface area contributed by atoms with Crippen LogP contribution in [0.4, 0.5) is 0 Å². The maximum absolute atomic E-state index is 12.8. The molecular formula is C23H27N3O2. The number of hydrogen-bond donors (Lipinski definition) is 1. The summed E-state index contributed by atoms with van der Waals surface area (Å²) >= 11 is 0. The van der Waals surface area contributed by atoms with Crippen LogP contribution in [0.5, 0.6) is 5.75 Å². The zero-order chi connectivity index (χ0) is 20.1. The van der Waals surface area contributed by atoms with Gasteiger partial charge in [0, 0.05) is 30.5 Å². The zero-order valence-electron chi connectivity index (χ0n) is 16.9. The van der Waals surface area contributed by atoms with E-state index in [0.717, 1.165) is 34.9 Å². The van der Waals surface area contributed by atoms with Crippen LogP contribution in [-0.2, 0) is 0 Å². The highest BCUT2D eigenvalue weighted by atomic mass is 16.5. The van der Waals surface area contributed by atoms with Crippen LogP contribution < -0.4 is 10.1 Å². The van der Waals surface area contributed by atoms with Gasteiger partial charge in [-0.2, -0.15) is 0 Å². The van der Waals surface area contributed by atoms with Gasteiger partial charge in [-0.05, 0) is 44.8 Å². The molecule has 0 spiro atoms. The van der Waals surface area contributed by atoms with Crippen molar-refractivity contribution in [1.82, 2.24) is 14.8 Å². The molecule has 5 heteroatoms. The van der Waals surface area contributed by atoms with E-state index in [1.54, 1.807) is 7.11 Å². The molecule has 0 saturated carbocycles. The van der Waals surface area contributed by atoms with Gasteiger partial charge >= 0.3 is 0 Å². The first-order chi connectivity index (χ1) is 13.5. The fraction of sp³-hybridized carbons (Fsp3) is 0.261. The fourth-order valence-corrected chi connectivity index (χ4v) is 3.23. The van der Waals surface area contributed by atoms with E-state index < -0.39 is 0 Å². The van der Waals surface area contributed by atoms with Crippen molar-refractivity contribution in [3.8, 4) is 22.7 Å². The van der Waals surface area contributed by atoms with Gasteiger partial charge in [-0.1, -0.05) is 36.4 Å². The predicted molar refractivity (Wildman–Crippen MR) is 113 cm³/mol. The summed E-state index contributed by atoms with van der Waals surface area (Å²) < 4.78 is 7.50. The number of nitrogens with zero attached hydrogens (tertiary/aromatic N) is 2. The molecule has 0 aliphatic carbocycles. The summed E-state index contributed by atoms with van der Waals surface area (Å²) in [5, 5.41) is 3.02. The van der Waals surface area contributed by atoms with E-state index in [1.807, 2.05) is 74.4 Å². The summed E-state index contributed by atoms with van der Waals surface area (Å²) in [4.78, 5) is 14.9. The Labute approximate surface area is 166 Å². The molecule has 1 N–H and O–H groups in total. The minimum atomic E-state index is -0.0572. The number of carbonyl (C=O) groups is 1. The van der Waals surface area contributed by atoms with Gasteiger partial charge in [-0.3, -0.25) is 4.79 Å². The van der Waals surface area contributed by atoms with Crippen molar-refractivity contribution in [2.24, 2.45) is 0 Å². The molecule has 0 saturated heterocycles. The third kappa shape index (κ3) is 4.26. The maximum atomic E-state index is 12.8. The molecule has 0 aliphatic rings. The Morgan fingerprint density at radius 1 is 1.07 bits per heavy atom. The number of aromatic nitrogens is 1. The molecule has 0 unspecified atom stereocenters. The monoisotopic (exact) mass is 377 g/mol. The lowest BCUT2D eigenvalue weighted by atomic mass is 10.1. The molecule has 1 heterocycles. The smallest absolute Gasteiger partial charge is 0.253 e. The Balaban J connectivity index is 2.06. The van der Waals surface area contributed by atoms with Gasteiger partial charge in [0.25, 0.3) is 5.91 Å². The van der Waals surface area contributed by atoms with Crippen molar-refractivity contribution < 1.29 is 9.53 Å². The molecule has 0 bridgehead atoms. The van der Waals surface area contributed by atoms with Crippen LogP contribution in [0.2, 0.25) is 0 Å². The van der Waals surface area contributed by atoms with Crippen molar-refractivity contribution in [3.05, 3.63) is 71.9 Å². The molecule has 1 amide bonds. The van der Waals surface area contributed by atoms with Crippen LogP contribution in [0.3, 0.4) is 0 Å². The number of methoxy groups -OCH3 is 1. The van der Waals surface area contributed by atoms with Crippen molar-refractivity contribution in [1.29, 1.82) is 0 Å². The summed E-state index contributed by atoms with van der Waals surface area (Å²) in [5.41, 5.74) is 4.57. The average Bonchev–Trinajstić information content (AvgIpc) is 3.05. The second kappa shape index (κ2) is 8.76. The van der Waals surface area contributed by atoms with Crippen LogP contribution in [-0.4, -0.2) is 49.7 Å². The first kappa shape index (κ1) is 19.7. The topological polar surface area (TPSA) is 46.5 Å². The van der Waals surface area contributed by atoms with E-state index in [2.05, 4.69) is 22.0 Å². The van der Waals surface area contributed by atoms with Crippen molar-refractivity contribution >= 4 is 5.91 Å². The lowest BCUT2D eigenvalue weighted by Gasteiger charge is -2.14. The van der Waals surface area contributed by atoms with Gasteiger partial charge in [-0.15, -0.1) is 0 Å². The van der Waals surface area contributed by atoms with Crippen LogP contribution in [0.25, 0.3) is 16.9 Å². The second-order valence-electron chi connectivity index (χ2n) is 6.99. The quantitative estimate of drug-likeness (QED) is 0.682. The van der Waals surface area contributed by atoms with Crippen LogP contribution in [0.15, 0.2) is 60.7 Å². The van der Waals surface area contributed by atoms with E-state index in [1.165, 1.54) is 0 Å². The van der Waals surface area contributed by atoms with Gasteiger partial charge in [0.05, 0.1) is 18.4 Å². The van der Waals surface area contributed by atoms with Crippen LogP contribution in [0.1, 0.15) is 16.1 Å². The third-order valence-corrected chi connectivity index (χ3v) is 4.72. The Morgan fingerprint density at radius 2 is 1.82 bits per heavy atom. The average molecular weight is 377 g/mol. The number of benzene rings is 2. The number of carbonyl (C=O) groups excluding carboxylic acids is 1. The lowest BCUT2D eigenvalue weighted by Crippen LogP contribution is -2.31. The Hall–Kier alpha value is -3.05. The molecule has 3 rings (SSSR count). The van der Waals surface area contributed by atoms with E-state index in [0.29, 0.717) is 12.1 Å². The highest BCUT2D eigenvalue weighted by Gasteiger charge is 2.19. The number of amides is 1. The van der Waals surface area contributed by atoms with Gasteiger partial charge < -0.3 is 19.5 Å². The van der Waals surface area contributed by atoms with E-state index in [9.17, 15) is 4.79 Å². The minimum Gasteiger partial charge on any atom is -0.497 e. The summed E-state index contributed by atoms with van der Waals surface area (Å²) in [6, 6.07) is 20.0. The van der Waals surface area contributed by atoms with Gasteiger partial charge in [0.15, 0.2) is 0 Å². The molecule has 1 aromatic heterocycles. The largest absolute Gasteiger partial charge is 0.497 e. The molecule has 146 valence electrons. The molecule has 2 aromatic carbocycles. The summed E-state index contributed by atoms with van der Waals surface area (Å²) in [7, 11) is 5.64. The maximum Gasteiger partial charge on any atom is 0.253 e. The van der Waals surface area contributed by atoms with Gasteiger partial charge in [0.1, 0.15) is 5.75 Å². The molecule has 0 aliphatic heterocycles. The molecule has 0 radical (unpaired) electrons. The number of rotatable bonds is 7. The van der Waals surface area contributed by atoms with Crippen molar-refractivity contribution in [2.45, 2.75) is 6.92 Å². The Bertz CT molecular complexity index is 946. The molecule has 5 nitrogen and oxygen atoms in total. The van der Waals surface area contributed by atoms with Gasteiger partial charge in [-0.25, -0.2) is 0 Å². The summed E-state index contributed by atoms with van der Waals surface area (Å²) in [6.07, 6.45) is 0. The number of likely N-dealkylation sites (N-methyl/N-ethyl adjacent to an activating group) is 1. The highest BCUT2D eigenvalue weighted by molar-refractivity contribution is 5.97. The van der Waals surface area contributed by atoms with E-state index in [-0.39, 0.29) is 5.91 Å². The van der Waals surface area contributed by atoms with Crippen molar-refractivity contribution in [2.75, 3.05) is 34.3 Å². The number of nitrogens with one attached hydrogen (secondary N) is 1. The summed E-state index contributed by atoms with van der Waals surface area (Å²) in [6.45, 7) is 3.38. The predicted octanol–water partition coefficient (Wildman–Crippen LogP) is 3.75. The van der Waals surface area contributed by atoms with Crippen LogP contribution >= 0.6 is 0 Å². The molecule has 0 atom stereocenters. The zero-order valence-corrected chi connectivity index (χ0v) is 16.9. The van der Waals surface area contributed by atoms with Crippen molar-refractivity contribution in [3.63, 3.8) is 0 Å². The number of hydrogen-bond acceptors (Lipinski definition) is 3. The minimum absolute atomic E-state index is 0.0572. The standard InChI is InChI=1S/C23H27N3O2/c1-17-21(23(27)24-13-14-25(2)3)16-22(18-9-6-5-7-10-18)26(17)19-11-8-12-20(15-19)28-4/h5-12,15-16H,13-14H2,1-4H3,(H,24,27). The Kier molecular flexibility index (Phi) is 6.16.